The lowest BCUT2D eigenvalue weighted by molar-refractivity contribution is 0.175. The Morgan fingerprint density at radius 3 is 2.96 bits per heavy atom. The summed E-state index contributed by atoms with van der Waals surface area (Å²) in [6.07, 6.45) is 1.76. The number of hydrogen-bond donors (Lipinski definition) is 1. The minimum atomic E-state index is -0.308. The topological polar surface area (TPSA) is 85.2 Å². The van der Waals surface area contributed by atoms with Crippen LogP contribution in [0.25, 0.3) is 0 Å². The van der Waals surface area contributed by atoms with Crippen molar-refractivity contribution in [1.29, 1.82) is 0 Å². The number of carbonyl (C=O) groups excluding carboxylic acids is 1. The van der Waals surface area contributed by atoms with Gasteiger partial charge < -0.3 is 9.64 Å². The summed E-state index contributed by atoms with van der Waals surface area (Å²) in [5.41, 5.74) is 0. The molecule has 2 heterocycles. The number of tetrazole rings is 1. The number of aryl methyl sites for hydroxylation is 1. The Labute approximate surface area is 138 Å². The van der Waals surface area contributed by atoms with Crippen molar-refractivity contribution in [1.82, 2.24) is 25.1 Å². The zero-order valence-electron chi connectivity index (χ0n) is 13.4. The summed E-state index contributed by atoms with van der Waals surface area (Å²) < 4.78 is 20.1. The standard InChI is InChI=1S/C15H19FN6O2/c1-2-22-14(18-19-20-22)17-15(23)21-9-3-4-12(21)10-24-13-7-5-11(16)6-8-13/h5-8,12H,2-4,9-10H2,1H3,(H,17,18,20,23)/t12-/m0/s1. The fraction of sp³-hybridized carbons (Fsp3) is 0.467. The van der Waals surface area contributed by atoms with E-state index in [0.717, 1.165) is 12.8 Å². The molecule has 1 atom stereocenters. The zero-order chi connectivity index (χ0) is 16.9. The number of likely N-dealkylation sites (tertiary alicyclic amines) is 1. The van der Waals surface area contributed by atoms with E-state index < -0.39 is 0 Å². The van der Waals surface area contributed by atoms with E-state index in [9.17, 15) is 9.18 Å². The molecule has 1 saturated heterocycles. The van der Waals surface area contributed by atoms with E-state index in [4.69, 9.17) is 4.74 Å². The van der Waals surface area contributed by atoms with Gasteiger partial charge in [-0.15, -0.1) is 0 Å². The monoisotopic (exact) mass is 334 g/mol. The van der Waals surface area contributed by atoms with Crippen LogP contribution in [0.4, 0.5) is 15.1 Å². The minimum absolute atomic E-state index is 0.0407. The van der Waals surface area contributed by atoms with Crippen molar-refractivity contribution in [2.45, 2.75) is 32.4 Å². The third-order valence-electron chi connectivity index (χ3n) is 3.94. The van der Waals surface area contributed by atoms with Gasteiger partial charge in [-0.3, -0.25) is 5.32 Å². The van der Waals surface area contributed by atoms with E-state index in [1.807, 2.05) is 6.92 Å². The van der Waals surface area contributed by atoms with Gasteiger partial charge in [0.2, 0.25) is 0 Å². The Morgan fingerprint density at radius 2 is 2.21 bits per heavy atom. The summed E-state index contributed by atoms with van der Waals surface area (Å²) in [5, 5.41) is 13.9. The summed E-state index contributed by atoms with van der Waals surface area (Å²) in [4.78, 5) is 14.2. The molecule has 128 valence electrons. The van der Waals surface area contributed by atoms with Crippen LogP contribution in [0.3, 0.4) is 0 Å². The van der Waals surface area contributed by atoms with Crippen molar-refractivity contribution in [3.8, 4) is 5.75 Å². The average molecular weight is 334 g/mol. The van der Waals surface area contributed by atoms with Crippen LogP contribution in [0.2, 0.25) is 0 Å². The Bertz CT molecular complexity index is 690. The van der Waals surface area contributed by atoms with Crippen LogP contribution in [-0.4, -0.2) is 50.3 Å². The Hall–Kier alpha value is -2.71. The van der Waals surface area contributed by atoms with Gasteiger partial charge in [-0.25, -0.2) is 13.9 Å². The Morgan fingerprint density at radius 1 is 1.42 bits per heavy atom. The number of urea groups is 1. The van der Waals surface area contributed by atoms with Gasteiger partial charge in [-0.2, -0.15) is 0 Å². The molecule has 8 nitrogen and oxygen atoms in total. The predicted molar refractivity (Wildman–Crippen MR) is 84.1 cm³/mol. The van der Waals surface area contributed by atoms with E-state index >= 15 is 0 Å². The van der Waals surface area contributed by atoms with Gasteiger partial charge in [-0.1, -0.05) is 5.10 Å². The van der Waals surface area contributed by atoms with Crippen molar-refractivity contribution in [2.75, 3.05) is 18.5 Å². The Kier molecular flexibility index (Phi) is 4.88. The first kappa shape index (κ1) is 16.2. The largest absolute Gasteiger partial charge is 0.491 e. The molecule has 0 spiro atoms. The number of benzene rings is 1. The molecule has 0 saturated carbocycles. The maximum Gasteiger partial charge on any atom is 0.324 e. The van der Waals surface area contributed by atoms with Crippen LogP contribution in [-0.2, 0) is 6.54 Å². The maximum atomic E-state index is 12.9. The molecule has 1 fully saturated rings. The van der Waals surface area contributed by atoms with Crippen molar-refractivity contribution in [2.24, 2.45) is 0 Å². The molecule has 1 aliphatic heterocycles. The van der Waals surface area contributed by atoms with Crippen molar-refractivity contribution in [3.63, 3.8) is 0 Å². The lowest BCUT2D eigenvalue weighted by atomic mass is 10.2. The number of carbonyl (C=O) groups is 1. The minimum Gasteiger partial charge on any atom is -0.491 e. The lowest BCUT2D eigenvalue weighted by Crippen LogP contribution is -2.42. The first-order valence-electron chi connectivity index (χ1n) is 7.89. The predicted octanol–water partition coefficient (Wildman–Crippen LogP) is 1.91. The number of aromatic nitrogens is 4. The number of hydrogen-bond acceptors (Lipinski definition) is 5. The molecule has 2 aromatic rings. The van der Waals surface area contributed by atoms with E-state index in [-0.39, 0.29) is 17.9 Å². The number of rotatable bonds is 5. The van der Waals surface area contributed by atoms with Gasteiger partial charge in [-0.05, 0) is 54.5 Å². The van der Waals surface area contributed by atoms with Crippen molar-refractivity contribution in [3.05, 3.63) is 30.1 Å². The molecule has 1 aliphatic rings. The first-order valence-corrected chi connectivity index (χ1v) is 7.89. The van der Waals surface area contributed by atoms with Crippen LogP contribution >= 0.6 is 0 Å². The summed E-state index contributed by atoms with van der Waals surface area (Å²) in [6.45, 7) is 3.47. The molecule has 9 heteroatoms. The first-order chi connectivity index (χ1) is 11.7. The number of nitrogens with zero attached hydrogens (tertiary/aromatic N) is 5. The van der Waals surface area contributed by atoms with Crippen molar-refractivity contribution >= 4 is 12.0 Å². The molecule has 1 N–H and O–H groups in total. The molecular formula is C15H19FN6O2. The summed E-state index contributed by atoms with van der Waals surface area (Å²) in [6, 6.07) is 5.55. The van der Waals surface area contributed by atoms with Gasteiger partial charge in [0.1, 0.15) is 18.2 Å². The quantitative estimate of drug-likeness (QED) is 0.903. The number of amides is 2. The van der Waals surface area contributed by atoms with Crippen LogP contribution in [0.1, 0.15) is 19.8 Å². The van der Waals surface area contributed by atoms with Crippen molar-refractivity contribution < 1.29 is 13.9 Å². The average Bonchev–Trinajstić information content (AvgIpc) is 3.23. The molecule has 1 aromatic heterocycles. The molecule has 1 aromatic carbocycles. The van der Waals surface area contributed by atoms with E-state index in [1.54, 1.807) is 17.0 Å². The molecule has 0 aliphatic carbocycles. The molecule has 0 radical (unpaired) electrons. The normalized spacial score (nSPS) is 17.1. The Balaban J connectivity index is 1.58. The SMILES string of the molecule is CCn1nnnc1NC(=O)N1CCC[C@H]1COc1ccc(F)cc1. The zero-order valence-corrected chi connectivity index (χ0v) is 13.4. The second-order valence-electron chi connectivity index (χ2n) is 5.50. The number of halogens is 1. The summed E-state index contributed by atoms with van der Waals surface area (Å²) >= 11 is 0. The van der Waals surface area contributed by atoms with Gasteiger partial charge in [0.05, 0.1) is 6.04 Å². The summed E-state index contributed by atoms with van der Waals surface area (Å²) in [5.74, 6) is 0.601. The van der Waals surface area contributed by atoms with E-state index in [2.05, 4.69) is 20.8 Å². The highest BCUT2D eigenvalue weighted by Crippen LogP contribution is 2.20. The third kappa shape index (κ3) is 3.61. The maximum absolute atomic E-state index is 12.9. The van der Waals surface area contributed by atoms with E-state index in [0.29, 0.717) is 31.4 Å². The number of ether oxygens (including phenoxy) is 1. The van der Waals surface area contributed by atoms with Crippen LogP contribution in [0, 0.1) is 5.82 Å². The van der Waals surface area contributed by atoms with Gasteiger partial charge >= 0.3 is 6.03 Å². The van der Waals surface area contributed by atoms with Crippen LogP contribution < -0.4 is 10.1 Å². The van der Waals surface area contributed by atoms with Crippen LogP contribution in [0.15, 0.2) is 24.3 Å². The highest BCUT2D eigenvalue weighted by Gasteiger charge is 2.30. The highest BCUT2D eigenvalue weighted by atomic mass is 19.1. The van der Waals surface area contributed by atoms with Gasteiger partial charge in [0.25, 0.3) is 5.95 Å². The number of anilines is 1. The molecule has 3 rings (SSSR count). The fourth-order valence-electron chi connectivity index (χ4n) is 2.67. The van der Waals surface area contributed by atoms with Gasteiger partial charge in [0, 0.05) is 13.1 Å². The number of nitrogens with one attached hydrogen (secondary N) is 1. The fourth-order valence-corrected chi connectivity index (χ4v) is 2.67. The third-order valence-corrected chi connectivity index (χ3v) is 3.94. The smallest absolute Gasteiger partial charge is 0.324 e. The molecule has 2 amide bonds. The summed E-state index contributed by atoms with van der Waals surface area (Å²) in [7, 11) is 0. The lowest BCUT2D eigenvalue weighted by Gasteiger charge is -2.24. The van der Waals surface area contributed by atoms with Crippen LogP contribution in [0.5, 0.6) is 5.75 Å². The molecular weight excluding hydrogens is 315 g/mol. The van der Waals surface area contributed by atoms with E-state index in [1.165, 1.54) is 16.8 Å². The second-order valence-corrected chi connectivity index (χ2v) is 5.50. The van der Waals surface area contributed by atoms with Gasteiger partial charge in [0.15, 0.2) is 0 Å². The molecule has 24 heavy (non-hydrogen) atoms. The highest BCUT2D eigenvalue weighted by molar-refractivity contribution is 5.87. The molecule has 0 bridgehead atoms. The molecule has 0 unspecified atom stereocenters. The second kappa shape index (κ2) is 7.24.